The van der Waals surface area contributed by atoms with Gasteiger partial charge in [-0.05, 0) is 73.4 Å². The molecule has 1 amide bonds. The number of anilines is 1. The van der Waals surface area contributed by atoms with Gasteiger partial charge in [0.15, 0.2) is 0 Å². The lowest BCUT2D eigenvalue weighted by Gasteiger charge is -2.18. The summed E-state index contributed by atoms with van der Waals surface area (Å²) in [5.41, 5.74) is 4.35. The van der Waals surface area contributed by atoms with E-state index in [2.05, 4.69) is 54.0 Å². The number of imidazole rings is 1. The molecule has 0 aliphatic carbocycles. The zero-order chi connectivity index (χ0) is 24.2. The third-order valence-corrected chi connectivity index (χ3v) is 6.94. The number of carbonyl (C=O) groups excluding carboxylic acids is 1. The Labute approximate surface area is 211 Å². The molecule has 1 aliphatic heterocycles. The predicted octanol–water partition coefficient (Wildman–Crippen LogP) is 6.63. The van der Waals surface area contributed by atoms with E-state index in [4.69, 9.17) is 21.3 Å². The maximum Gasteiger partial charge on any atom is 0.227 e. The van der Waals surface area contributed by atoms with Crippen molar-refractivity contribution in [2.45, 2.75) is 45.1 Å². The average molecular weight is 488 g/mol. The maximum atomic E-state index is 13.0. The van der Waals surface area contributed by atoms with Crippen molar-refractivity contribution < 1.29 is 9.53 Å². The van der Waals surface area contributed by atoms with Crippen LogP contribution < -0.4 is 9.64 Å². The first-order valence-corrected chi connectivity index (χ1v) is 12.7. The van der Waals surface area contributed by atoms with Gasteiger partial charge in [0, 0.05) is 36.1 Å². The number of carbonyl (C=O) groups is 1. The molecule has 0 bridgehead atoms. The van der Waals surface area contributed by atoms with Gasteiger partial charge in [0.25, 0.3) is 0 Å². The molecule has 0 N–H and O–H groups in total. The Morgan fingerprint density at radius 2 is 1.77 bits per heavy atom. The zero-order valence-corrected chi connectivity index (χ0v) is 20.7. The number of amides is 1. The van der Waals surface area contributed by atoms with E-state index in [0.717, 1.165) is 54.1 Å². The predicted molar refractivity (Wildman–Crippen MR) is 141 cm³/mol. The zero-order valence-electron chi connectivity index (χ0n) is 20.0. The average Bonchev–Trinajstić information content (AvgIpc) is 3.45. The summed E-state index contributed by atoms with van der Waals surface area (Å²) in [5, 5.41) is 0.707. The van der Waals surface area contributed by atoms with Crippen LogP contribution in [0.5, 0.6) is 5.75 Å². The standard InChI is InChI=1S/C29H30ClN3O2/c1-2-21-9-13-24(14-10-21)33-20-22(19-28(33)34)29-31-26-7-3-4-8-27(26)32(29)17-5-6-18-35-25-15-11-23(30)12-16-25/h3-4,7-16,22H,2,5-6,17-20H2,1H3. The molecule has 0 radical (unpaired) electrons. The summed E-state index contributed by atoms with van der Waals surface area (Å²) in [7, 11) is 0. The van der Waals surface area contributed by atoms with Gasteiger partial charge in [-0.2, -0.15) is 0 Å². The Morgan fingerprint density at radius 1 is 1.00 bits per heavy atom. The molecule has 6 heteroatoms. The first-order valence-electron chi connectivity index (χ1n) is 12.3. The number of para-hydroxylation sites is 2. The summed E-state index contributed by atoms with van der Waals surface area (Å²) in [4.78, 5) is 19.8. The molecule has 2 heterocycles. The fraction of sp³-hybridized carbons (Fsp3) is 0.310. The van der Waals surface area contributed by atoms with Crippen molar-refractivity contribution in [2.24, 2.45) is 0 Å². The van der Waals surface area contributed by atoms with Crippen LogP contribution in [0.2, 0.25) is 5.02 Å². The number of nitrogens with zero attached hydrogens (tertiary/aromatic N) is 3. The van der Waals surface area contributed by atoms with Gasteiger partial charge in [0.2, 0.25) is 5.91 Å². The molecule has 1 unspecified atom stereocenters. The Bertz CT molecular complexity index is 1300. The maximum absolute atomic E-state index is 13.0. The van der Waals surface area contributed by atoms with Crippen molar-refractivity contribution >= 4 is 34.2 Å². The highest BCUT2D eigenvalue weighted by molar-refractivity contribution is 6.30. The minimum atomic E-state index is 0.0751. The number of unbranched alkanes of at least 4 members (excludes halogenated alkanes) is 1. The van der Waals surface area contributed by atoms with Crippen molar-refractivity contribution in [2.75, 3.05) is 18.1 Å². The van der Waals surface area contributed by atoms with Gasteiger partial charge in [-0.25, -0.2) is 4.98 Å². The van der Waals surface area contributed by atoms with Gasteiger partial charge in [-0.3, -0.25) is 4.79 Å². The summed E-state index contributed by atoms with van der Waals surface area (Å²) in [6.45, 7) is 4.29. The first kappa shape index (κ1) is 23.4. The molecule has 1 saturated heterocycles. The molecule has 1 aliphatic rings. The summed E-state index contributed by atoms with van der Waals surface area (Å²) in [5.74, 6) is 2.07. The molecular weight excluding hydrogens is 458 g/mol. The summed E-state index contributed by atoms with van der Waals surface area (Å²) in [6.07, 6.45) is 3.36. The van der Waals surface area contributed by atoms with Gasteiger partial charge < -0.3 is 14.2 Å². The second-order valence-electron chi connectivity index (χ2n) is 9.05. The van der Waals surface area contributed by atoms with Crippen LogP contribution in [0, 0.1) is 0 Å². The van der Waals surface area contributed by atoms with Crippen LogP contribution in [0.3, 0.4) is 0 Å². The van der Waals surface area contributed by atoms with E-state index in [1.54, 1.807) is 0 Å². The van der Waals surface area contributed by atoms with Crippen molar-refractivity contribution in [1.29, 1.82) is 0 Å². The molecular formula is C29H30ClN3O2. The number of aryl methyl sites for hydroxylation is 2. The van der Waals surface area contributed by atoms with Crippen LogP contribution in [-0.4, -0.2) is 28.6 Å². The van der Waals surface area contributed by atoms with E-state index in [0.29, 0.717) is 24.6 Å². The Kier molecular flexibility index (Phi) is 7.05. The third-order valence-electron chi connectivity index (χ3n) is 6.69. The van der Waals surface area contributed by atoms with E-state index in [-0.39, 0.29) is 11.8 Å². The number of benzene rings is 3. The smallest absolute Gasteiger partial charge is 0.227 e. The summed E-state index contributed by atoms with van der Waals surface area (Å²) < 4.78 is 8.16. The van der Waals surface area contributed by atoms with Crippen molar-refractivity contribution in [3.8, 4) is 5.75 Å². The molecule has 180 valence electrons. The highest BCUT2D eigenvalue weighted by Gasteiger charge is 2.34. The van der Waals surface area contributed by atoms with Crippen LogP contribution in [0.15, 0.2) is 72.8 Å². The molecule has 4 aromatic rings. The van der Waals surface area contributed by atoms with Crippen LogP contribution >= 0.6 is 11.6 Å². The Morgan fingerprint density at radius 3 is 2.54 bits per heavy atom. The van der Waals surface area contributed by atoms with E-state index in [1.807, 2.05) is 35.2 Å². The van der Waals surface area contributed by atoms with Crippen molar-refractivity contribution in [3.05, 3.63) is 89.2 Å². The molecule has 3 aromatic carbocycles. The molecule has 1 atom stereocenters. The molecule has 0 saturated carbocycles. The molecule has 5 rings (SSSR count). The summed E-state index contributed by atoms with van der Waals surface area (Å²) >= 11 is 5.95. The van der Waals surface area contributed by atoms with Gasteiger partial charge in [0.05, 0.1) is 17.6 Å². The highest BCUT2D eigenvalue weighted by atomic mass is 35.5. The third kappa shape index (κ3) is 5.20. The minimum Gasteiger partial charge on any atom is -0.494 e. The fourth-order valence-electron chi connectivity index (χ4n) is 4.78. The lowest BCUT2D eigenvalue weighted by Crippen LogP contribution is -2.24. The monoisotopic (exact) mass is 487 g/mol. The van der Waals surface area contributed by atoms with Crippen LogP contribution in [0.4, 0.5) is 5.69 Å². The van der Waals surface area contributed by atoms with Crippen LogP contribution in [0.25, 0.3) is 11.0 Å². The first-order chi connectivity index (χ1) is 17.1. The SMILES string of the molecule is CCc1ccc(N2CC(c3nc4ccccc4n3CCCCOc3ccc(Cl)cc3)CC2=O)cc1. The molecule has 35 heavy (non-hydrogen) atoms. The second-order valence-corrected chi connectivity index (χ2v) is 9.48. The molecule has 1 fully saturated rings. The molecule has 0 spiro atoms. The van der Waals surface area contributed by atoms with Crippen LogP contribution in [-0.2, 0) is 17.8 Å². The lowest BCUT2D eigenvalue weighted by atomic mass is 10.1. The van der Waals surface area contributed by atoms with E-state index in [9.17, 15) is 4.79 Å². The Balaban J connectivity index is 1.28. The van der Waals surface area contributed by atoms with Gasteiger partial charge in [0.1, 0.15) is 11.6 Å². The number of halogens is 1. The number of hydrogen-bond acceptors (Lipinski definition) is 3. The van der Waals surface area contributed by atoms with E-state index >= 15 is 0 Å². The van der Waals surface area contributed by atoms with Crippen LogP contribution in [0.1, 0.15) is 43.5 Å². The van der Waals surface area contributed by atoms with Crippen molar-refractivity contribution in [3.63, 3.8) is 0 Å². The number of rotatable bonds is 9. The van der Waals surface area contributed by atoms with E-state index < -0.39 is 0 Å². The molecule has 5 nitrogen and oxygen atoms in total. The number of ether oxygens (including phenoxy) is 1. The number of aromatic nitrogens is 2. The fourth-order valence-corrected chi connectivity index (χ4v) is 4.90. The Hall–Kier alpha value is -3.31. The minimum absolute atomic E-state index is 0.0751. The van der Waals surface area contributed by atoms with Gasteiger partial charge >= 0.3 is 0 Å². The van der Waals surface area contributed by atoms with Crippen molar-refractivity contribution in [1.82, 2.24) is 9.55 Å². The lowest BCUT2D eigenvalue weighted by molar-refractivity contribution is -0.117. The normalized spacial score (nSPS) is 15.8. The topological polar surface area (TPSA) is 47.4 Å². The van der Waals surface area contributed by atoms with Gasteiger partial charge in [-0.1, -0.05) is 42.8 Å². The molecule has 1 aromatic heterocycles. The largest absolute Gasteiger partial charge is 0.494 e. The quantitative estimate of drug-likeness (QED) is 0.249. The van der Waals surface area contributed by atoms with Gasteiger partial charge in [-0.15, -0.1) is 0 Å². The number of hydrogen-bond donors (Lipinski definition) is 0. The highest BCUT2D eigenvalue weighted by Crippen LogP contribution is 2.33. The second kappa shape index (κ2) is 10.5. The van der Waals surface area contributed by atoms with E-state index in [1.165, 1.54) is 5.56 Å². The summed E-state index contributed by atoms with van der Waals surface area (Å²) in [6, 6.07) is 24.0. The number of fused-ring (bicyclic) bond motifs is 1.